The van der Waals surface area contributed by atoms with Crippen molar-refractivity contribution >= 4 is 16.8 Å². The smallest absolute Gasteiger partial charge is 0.422 e. The Morgan fingerprint density at radius 3 is 2.81 bits per heavy atom. The van der Waals surface area contributed by atoms with Crippen LogP contribution in [0.2, 0.25) is 0 Å². The summed E-state index contributed by atoms with van der Waals surface area (Å²) in [5, 5.41) is 17.1. The Morgan fingerprint density at radius 1 is 1.35 bits per heavy atom. The Hall–Kier alpha value is -3.21. The molecule has 0 aliphatic heterocycles. The number of carbonyl (C=O) groups is 1. The molecule has 0 fully saturated rings. The standard InChI is InChI=1S/C20H22F3N5O3/c1-12-5-14(8-26-19(12)31-11-20(21,22)23)9-28-10-15-16(27-28)3-4-24-17(15)6-18(30)25-7-13(2)29/h3-5,8,10,13,29H,6-7,9,11H2,1-2H3,(H,25,30)/t13-/m1/s1. The first kappa shape index (κ1) is 22.5. The van der Waals surface area contributed by atoms with Crippen LogP contribution in [-0.2, 0) is 17.8 Å². The molecule has 0 aromatic carbocycles. The zero-order valence-corrected chi connectivity index (χ0v) is 17.0. The van der Waals surface area contributed by atoms with Gasteiger partial charge in [0.1, 0.15) is 0 Å². The maximum absolute atomic E-state index is 12.3. The summed E-state index contributed by atoms with van der Waals surface area (Å²) in [6.45, 7) is 2.29. The number of ether oxygens (including phenoxy) is 1. The van der Waals surface area contributed by atoms with E-state index in [1.54, 1.807) is 43.1 Å². The van der Waals surface area contributed by atoms with Gasteiger partial charge in [-0.05, 0) is 31.5 Å². The van der Waals surface area contributed by atoms with Crippen LogP contribution in [0.25, 0.3) is 10.9 Å². The minimum atomic E-state index is -4.43. The number of hydrogen-bond donors (Lipinski definition) is 2. The van der Waals surface area contributed by atoms with E-state index in [2.05, 4.69) is 20.4 Å². The van der Waals surface area contributed by atoms with Crippen LogP contribution < -0.4 is 10.1 Å². The number of halogens is 3. The summed E-state index contributed by atoms with van der Waals surface area (Å²) in [6, 6.07) is 3.41. The Morgan fingerprint density at radius 2 is 2.13 bits per heavy atom. The average Bonchev–Trinajstić information content (AvgIpc) is 3.08. The summed E-state index contributed by atoms with van der Waals surface area (Å²) in [5.74, 6) is -0.329. The van der Waals surface area contributed by atoms with Crippen LogP contribution in [0.4, 0.5) is 13.2 Å². The van der Waals surface area contributed by atoms with Crippen LogP contribution >= 0.6 is 0 Å². The summed E-state index contributed by atoms with van der Waals surface area (Å²) in [5.41, 5.74) is 2.42. The number of aromatic nitrogens is 4. The fourth-order valence-electron chi connectivity index (χ4n) is 2.94. The molecule has 0 saturated heterocycles. The van der Waals surface area contributed by atoms with Crippen LogP contribution in [0.15, 0.2) is 30.7 Å². The molecule has 3 heterocycles. The number of aliphatic hydroxyl groups excluding tert-OH is 1. The number of fused-ring (bicyclic) bond motifs is 1. The summed E-state index contributed by atoms with van der Waals surface area (Å²) in [7, 11) is 0. The van der Waals surface area contributed by atoms with Gasteiger partial charge in [0, 0.05) is 36.1 Å². The molecule has 3 aromatic heterocycles. The van der Waals surface area contributed by atoms with E-state index in [9.17, 15) is 23.1 Å². The monoisotopic (exact) mass is 437 g/mol. The molecule has 0 aliphatic rings. The van der Waals surface area contributed by atoms with Crippen molar-refractivity contribution in [1.82, 2.24) is 25.1 Å². The molecule has 0 radical (unpaired) electrons. The highest BCUT2D eigenvalue weighted by molar-refractivity contribution is 5.86. The Labute approximate surface area is 176 Å². The van der Waals surface area contributed by atoms with E-state index in [-0.39, 0.29) is 24.8 Å². The van der Waals surface area contributed by atoms with Gasteiger partial charge in [-0.15, -0.1) is 0 Å². The van der Waals surface area contributed by atoms with Gasteiger partial charge in [0.05, 0.1) is 30.3 Å². The lowest BCUT2D eigenvalue weighted by molar-refractivity contribution is -0.154. The molecule has 2 N–H and O–H groups in total. The predicted molar refractivity (Wildman–Crippen MR) is 106 cm³/mol. The van der Waals surface area contributed by atoms with Gasteiger partial charge in [-0.2, -0.15) is 18.3 Å². The van der Waals surface area contributed by atoms with E-state index < -0.39 is 18.9 Å². The van der Waals surface area contributed by atoms with E-state index in [1.807, 2.05) is 0 Å². The third kappa shape index (κ3) is 6.38. The second-order valence-electron chi connectivity index (χ2n) is 7.22. The van der Waals surface area contributed by atoms with Crippen molar-refractivity contribution in [2.45, 2.75) is 39.1 Å². The first-order valence-electron chi connectivity index (χ1n) is 9.51. The first-order chi connectivity index (χ1) is 14.6. The number of amides is 1. The van der Waals surface area contributed by atoms with Gasteiger partial charge in [-0.1, -0.05) is 0 Å². The Bertz CT molecular complexity index is 1070. The number of rotatable bonds is 8. The molecule has 11 heteroatoms. The third-order valence-corrected chi connectivity index (χ3v) is 4.29. The normalized spacial score (nSPS) is 12.7. The maximum atomic E-state index is 12.3. The van der Waals surface area contributed by atoms with E-state index in [0.717, 1.165) is 5.56 Å². The Balaban J connectivity index is 1.72. The van der Waals surface area contributed by atoms with Crippen molar-refractivity contribution in [2.24, 2.45) is 0 Å². The lowest BCUT2D eigenvalue weighted by Crippen LogP contribution is -2.31. The number of alkyl halides is 3. The van der Waals surface area contributed by atoms with E-state index in [0.29, 0.717) is 28.7 Å². The summed E-state index contributed by atoms with van der Waals surface area (Å²) in [4.78, 5) is 20.3. The molecular weight excluding hydrogens is 415 g/mol. The van der Waals surface area contributed by atoms with Gasteiger partial charge in [0.15, 0.2) is 6.61 Å². The third-order valence-electron chi connectivity index (χ3n) is 4.29. The van der Waals surface area contributed by atoms with E-state index in [4.69, 9.17) is 4.74 Å². The highest BCUT2D eigenvalue weighted by atomic mass is 19.4. The molecule has 0 saturated carbocycles. The zero-order valence-electron chi connectivity index (χ0n) is 17.0. The predicted octanol–water partition coefficient (Wildman–Crippen LogP) is 2.16. The number of pyridine rings is 2. The topological polar surface area (TPSA) is 102 Å². The largest absolute Gasteiger partial charge is 0.468 e. The summed E-state index contributed by atoms with van der Waals surface area (Å²) >= 11 is 0. The number of nitrogens with zero attached hydrogens (tertiary/aromatic N) is 4. The minimum Gasteiger partial charge on any atom is -0.468 e. The molecule has 0 bridgehead atoms. The minimum absolute atomic E-state index is 0.0433. The number of aliphatic hydroxyl groups is 1. The van der Waals surface area contributed by atoms with Crippen LogP contribution in [-0.4, -0.2) is 56.2 Å². The van der Waals surface area contributed by atoms with Crippen molar-refractivity contribution < 1.29 is 27.8 Å². The summed E-state index contributed by atoms with van der Waals surface area (Å²) in [6.07, 6.45) is -0.271. The highest BCUT2D eigenvalue weighted by Crippen LogP contribution is 2.21. The van der Waals surface area contributed by atoms with Gasteiger partial charge >= 0.3 is 6.18 Å². The molecule has 3 aromatic rings. The number of hydrogen-bond acceptors (Lipinski definition) is 6. The molecule has 166 valence electrons. The van der Waals surface area contributed by atoms with Crippen molar-refractivity contribution in [1.29, 1.82) is 0 Å². The van der Waals surface area contributed by atoms with Crippen molar-refractivity contribution in [3.05, 3.63) is 47.5 Å². The van der Waals surface area contributed by atoms with E-state index >= 15 is 0 Å². The molecule has 8 nitrogen and oxygen atoms in total. The van der Waals surface area contributed by atoms with Gasteiger partial charge in [-0.3, -0.25) is 14.5 Å². The number of nitrogens with one attached hydrogen (secondary N) is 1. The van der Waals surface area contributed by atoms with Crippen LogP contribution in [0.1, 0.15) is 23.7 Å². The van der Waals surface area contributed by atoms with Crippen molar-refractivity contribution in [3.63, 3.8) is 0 Å². The molecule has 1 atom stereocenters. The van der Waals surface area contributed by atoms with Crippen LogP contribution in [0, 0.1) is 6.92 Å². The lowest BCUT2D eigenvalue weighted by Gasteiger charge is -2.11. The van der Waals surface area contributed by atoms with Crippen molar-refractivity contribution in [2.75, 3.05) is 13.2 Å². The second-order valence-corrected chi connectivity index (χ2v) is 7.22. The Kier molecular flexibility index (Phi) is 6.74. The summed E-state index contributed by atoms with van der Waals surface area (Å²) < 4.78 is 43.3. The molecule has 0 unspecified atom stereocenters. The zero-order chi connectivity index (χ0) is 22.6. The number of carbonyl (C=O) groups excluding carboxylic acids is 1. The quantitative estimate of drug-likeness (QED) is 0.560. The molecule has 0 spiro atoms. The fourth-order valence-corrected chi connectivity index (χ4v) is 2.94. The molecule has 0 aliphatic carbocycles. The van der Waals surface area contributed by atoms with Crippen LogP contribution in [0.3, 0.4) is 0 Å². The molecular formula is C20H22F3N5O3. The number of aryl methyl sites for hydroxylation is 1. The van der Waals surface area contributed by atoms with E-state index in [1.165, 1.54) is 6.20 Å². The van der Waals surface area contributed by atoms with Crippen molar-refractivity contribution in [3.8, 4) is 5.88 Å². The van der Waals surface area contributed by atoms with Crippen LogP contribution in [0.5, 0.6) is 5.88 Å². The SMILES string of the molecule is Cc1cc(Cn2cc3c(CC(=O)NC[C@@H](C)O)nccc3n2)cnc1OCC(F)(F)F. The average molecular weight is 437 g/mol. The maximum Gasteiger partial charge on any atom is 0.422 e. The molecule has 1 amide bonds. The van der Waals surface area contributed by atoms with Gasteiger partial charge in [0.2, 0.25) is 11.8 Å². The first-order valence-corrected chi connectivity index (χ1v) is 9.51. The fraction of sp³-hybridized carbons (Fsp3) is 0.400. The second kappa shape index (κ2) is 9.29. The van der Waals surface area contributed by atoms with Gasteiger partial charge in [0.25, 0.3) is 0 Å². The highest BCUT2D eigenvalue weighted by Gasteiger charge is 2.29. The molecule has 31 heavy (non-hydrogen) atoms. The van der Waals surface area contributed by atoms with Gasteiger partial charge < -0.3 is 15.2 Å². The lowest BCUT2D eigenvalue weighted by atomic mass is 10.2. The molecule has 3 rings (SSSR count). The van der Waals surface area contributed by atoms with Gasteiger partial charge in [-0.25, -0.2) is 4.98 Å².